The molecule has 2 N–H and O–H groups in total. The first-order valence-electron chi connectivity index (χ1n) is 11.2. The van der Waals surface area contributed by atoms with Crippen molar-refractivity contribution >= 4 is 11.3 Å². The lowest BCUT2D eigenvalue weighted by molar-refractivity contribution is -0.106. The van der Waals surface area contributed by atoms with E-state index in [4.69, 9.17) is 20.2 Å². The monoisotopic (exact) mass is 412 g/mol. The number of nitrogens with two attached hydrogens (primary N) is 1. The van der Waals surface area contributed by atoms with Gasteiger partial charge in [0.1, 0.15) is 0 Å². The van der Waals surface area contributed by atoms with Crippen LogP contribution in [0.1, 0.15) is 73.6 Å². The minimum absolute atomic E-state index is 0.0101. The first-order valence-corrected chi connectivity index (χ1v) is 12.1. The number of fused-ring (bicyclic) bond motifs is 1. The summed E-state index contributed by atoms with van der Waals surface area (Å²) in [6.45, 7) is 1.63. The summed E-state index contributed by atoms with van der Waals surface area (Å²) in [6.07, 6.45) is 11.9. The van der Waals surface area contributed by atoms with Crippen molar-refractivity contribution in [2.24, 2.45) is 5.73 Å². The maximum Gasteiger partial charge on any atom is 0.0934 e. The predicted octanol–water partition coefficient (Wildman–Crippen LogP) is 4.93. The number of hydrogen-bond donors (Lipinski definition) is 1. The molecule has 5 heteroatoms. The molecule has 4 heterocycles. The summed E-state index contributed by atoms with van der Waals surface area (Å²) in [5.74, 6) is 0. The van der Waals surface area contributed by atoms with E-state index in [-0.39, 0.29) is 23.2 Å². The molecule has 29 heavy (non-hydrogen) atoms. The number of pyridine rings is 1. The highest BCUT2D eigenvalue weighted by molar-refractivity contribution is 7.10. The van der Waals surface area contributed by atoms with Crippen LogP contribution in [-0.2, 0) is 21.3 Å². The van der Waals surface area contributed by atoms with Crippen molar-refractivity contribution in [2.75, 3.05) is 13.2 Å². The van der Waals surface area contributed by atoms with Gasteiger partial charge >= 0.3 is 0 Å². The third-order valence-electron chi connectivity index (χ3n) is 7.31. The quantitative estimate of drug-likeness (QED) is 0.757. The maximum atomic E-state index is 6.83. The summed E-state index contributed by atoms with van der Waals surface area (Å²) < 4.78 is 12.5. The van der Waals surface area contributed by atoms with E-state index in [1.807, 2.05) is 23.6 Å². The van der Waals surface area contributed by atoms with Crippen molar-refractivity contribution in [3.05, 3.63) is 52.0 Å². The second kappa shape index (κ2) is 8.10. The van der Waals surface area contributed by atoms with Gasteiger partial charge in [0.2, 0.25) is 0 Å². The summed E-state index contributed by atoms with van der Waals surface area (Å²) in [5.41, 5.74) is 9.53. The van der Waals surface area contributed by atoms with Crippen molar-refractivity contribution in [3.63, 3.8) is 0 Å². The molecule has 2 fully saturated rings. The molecule has 2 aromatic heterocycles. The highest BCUT2D eigenvalue weighted by atomic mass is 32.1. The van der Waals surface area contributed by atoms with E-state index in [0.717, 1.165) is 45.3 Å². The molecular weight excluding hydrogens is 380 g/mol. The number of nitrogens with zero attached hydrogens (tertiary/aromatic N) is 1. The van der Waals surface area contributed by atoms with Gasteiger partial charge in [-0.1, -0.05) is 18.9 Å². The largest absolute Gasteiger partial charge is 0.375 e. The Labute approximate surface area is 177 Å². The average molecular weight is 413 g/mol. The van der Waals surface area contributed by atoms with Gasteiger partial charge in [0.15, 0.2) is 0 Å². The van der Waals surface area contributed by atoms with Gasteiger partial charge < -0.3 is 15.2 Å². The average Bonchev–Trinajstić information content (AvgIpc) is 3.39. The van der Waals surface area contributed by atoms with Crippen LogP contribution in [0, 0.1) is 0 Å². The summed E-state index contributed by atoms with van der Waals surface area (Å²) in [5, 5.41) is 2.19. The Hall–Kier alpha value is -1.27. The fourth-order valence-corrected chi connectivity index (χ4v) is 7.01. The Morgan fingerprint density at radius 3 is 2.90 bits per heavy atom. The van der Waals surface area contributed by atoms with Gasteiger partial charge in [-0.2, -0.15) is 0 Å². The Balaban J connectivity index is 1.38. The molecule has 3 atom stereocenters. The molecule has 1 spiro atoms. The SMILES string of the molecule is NC(CC1OCCc2ccsc21)C[C@@]1(c2ccccn2)CCOC2(CCCC2)C1. The molecule has 2 aromatic rings. The number of ether oxygens (including phenoxy) is 2. The summed E-state index contributed by atoms with van der Waals surface area (Å²) >= 11 is 1.82. The van der Waals surface area contributed by atoms with Gasteiger partial charge in [0, 0.05) is 34.8 Å². The minimum atomic E-state index is 0.0101. The second-order valence-corrected chi connectivity index (χ2v) is 10.2. The van der Waals surface area contributed by atoms with E-state index >= 15 is 0 Å². The van der Waals surface area contributed by atoms with Crippen LogP contribution in [0.4, 0.5) is 0 Å². The van der Waals surface area contributed by atoms with Crippen molar-refractivity contribution in [3.8, 4) is 0 Å². The first-order chi connectivity index (χ1) is 14.2. The standard InChI is InChI=1S/C24H32N2O2S/c25-19(15-20-22-18(6-12-27-20)7-14-29-22)16-23(21-5-1-4-11-26-21)10-13-28-24(17-23)8-2-3-9-24/h1,4-5,7,11,14,19-20H,2-3,6,8-10,12-13,15-17,25H2/t19?,20?,23-/m0/s1. The van der Waals surface area contributed by atoms with Gasteiger partial charge in [-0.15, -0.1) is 11.3 Å². The van der Waals surface area contributed by atoms with Gasteiger partial charge in [-0.3, -0.25) is 4.98 Å². The number of hydrogen-bond acceptors (Lipinski definition) is 5. The molecule has 3 aliphatic rings. The normalized spacial score (nSPS) is 29.6. The van der Waals surface area contributed by atoms with Gasteiger partial charge in [0.25, 0.3) is 0 Å². The van der Waals surface area contributed by atoms with Crippen LogP contribution in [0.15, 0.2) is 35.8 Å². The van der Waals surface area contributed by atoms with Crippen molar-refractivity contribution < 1.29 is 9.47 Å². The van der Waals surface area contributed by atoms with Crippen molar-refractivity contribution in [1.82, 2.24) is 4.98 Å². The van der Waals surface area contributed by atoms with Crippen LogP contribution >= 0.6 is 11.3 Å². The van der Waals surface area contributed by atoms with Gasteiger partial charge in [-0.05, 0) is 74.1 Å². The highest BCUT2D eigenvalue weighted by Gasteiger charge is 2.49. The first kappa shape index (κ1) is 19.7. The summed E-state index contributed by atoms with van der Waals surface area (Å²) in [7, 11) is 0. The number of thiophene rings is 1. The Bertz CT molecular complexity index is 817. The van der Waals surface area contributed by atoms with Crippen LogP contribution in [0.2, 0.25) is 0 Å². The van der Waals surface area contributed by atoms with Gasteiger partial charge in [-0.25, -0.2) is 0 Å². The fourth-order valence-electron chi connectivity index (χ4n) is 5.99. The van der Waals surface area contributed by atoms with Gasteiger partial charge in [0.05, 0.1) is 18.3 Å². The molecule has 2 aliphatic heterocycles. The lowest BCUT2D eigenvalue weighted by atomic mass is 9.66. The maximum absolute atomic E-state index is 6.83. The number of aromatic nitrogens is 1. The number of rotatable bonds is 5. The van der Waals surface area contributed by atoms with Crippen LogP contribution < -0.4 is 5.73 Å². The molecule has 5 rings (SSSR count). The molecule has 156 valence electrons. The topological polar surface area (TPSA) is 57.4 Å². The molecule has 1 saturated heterocycles. The van der Waals surface area contributed by atoms with E-state index in [2.05, 4.69) is 23.6 Å². The third-order valence-corrected chi connectivity index (χ3v) is 8.36. The molecule has 1 saturated carbocycles. The Morgan fingerprint density at radius 1 is 1.17 bits per heavy atom. The minimum Gasteiger partial charge on any atom is -0.375 e. The Morgan fingerprint density at radius 2 is 2.07 bits per heavy atom. The zero-order valence-electron chi connectivity index (χ0n) is 17.1. The molecule has 0 bridgehead atoms. The summed E-state index contributed by atoms with van der Waals surface area (Å²) in [4.78, 5) is 6.20. The second-order valence-electron chi connectivity index (χ2n) is 9.28. The molecule has 2 unspecified atom stereocenters. The summed E-state index contributed by atoms with van der Waals surface area (Å²) in [6, 6.07) is 8.67. The lowest BCUT2D eigenvalue weighted by Gasteiger charge is -2.47. The molecule has 4 nitrogen and oxygen atoms in total. The van der Waals surface area contributed by atoms with E-state index in [0.29, 0.717) is 0 Å². The van der Waals surface area contributed by atoms with Crippen molar-refractivity contribution in [2.45, 2.75) is 80.9 Å². The zero-order valence-corrected chi connectivity index (χ0v) is 18.0. The smallest absolute Gasteiger partial charge is 0.0934 e. The molecule has 0 radical (unpaired) electrons. The lowest BCUT2D eigenvalue weighted by Crippen LogP contribution is -2.49. The third kappa shape index (κ3) is 3.90. The van der Waals surface area contributed by atoms with E-state index in [1.165, 1.54) is 41.8 Å². The fraction of sp³-hybridized carbons (Fsp3) is 0.625. The van der Waals surface area contributed by atoms with E-state index < -0.39 is 0 Å². The van der Waals surface area contributed by atoms with Crippen LogP contribution in [-0.4, -0.2) is 29.8 Å². The van der Waals surface area contributed by atoms with Crippen LogP contribution in [0.5, 0.6) is 0 Å². The van der Waals surface area contributed by atoms with Crippen LogP contribution in [0.3, 0.4) is 0 Å². The highest BCUT2D eigenvalue weighted by Crippen LogP contribution is 2.50. The Kier molecular flexibility index (Phi) is 5.50. The van der Waals surface area contributed by atoms with Crippen molar-refractivity contribution in [1.29, 1.82) is 0 Å². The molecular formula is C24H32N2O2S. The van der Waals surface area contributed by atoms with E-state index in [1.54, 1.807) is 0 Å². The predicted molar refractivity (Wildman–Crippen MR) is 116 cm³/mol. The van der Waals surface area contributed by atoms with E-state index in [9.17, 15) is 0 Å². The molecule has 0 aromatic carbocycles. The van der Waals surface area contributed by atoms with Crippen LogP contribution in [0.25, 0.3) is 0 Å². The molecule has 0 amide bonds. The molecule has 1 aliphatic carbocycles. The zero-order chi connectivity index (χ0) is 19.7.